The summed E-state index contributed by atoms with van der Waals surface area (Å²) in [5.41, 5.74) is 2.11. The van der Waals surface area contributed by atoms with Crippen LogP contribution < -0.4 is 10.6 Å². The summed E-state index contributed by atoms with van der Waals surface area (Å²) in [5, 5.41) is 7.53. The number of nitrogens with one attached hydrogen (secondary N) is 2. The van der Waals surface area contributed by atoms with E-state index in [4.69, 9.17) is 27.9 Å². The highest BCUT2D eigenvalue weighted by molar-refractivity contribution is 7.12. The predicted molar refractivity (Wildman–Crippen MR) is 113 cm³/mol. The van der Waals surface area contributed by atoms with Gasteiger partial charge in [0, 0.05) is 6.54 Å². The number of thiophene rings is 1. The van der Waals surface area contributed by atoms with Gasteiger partial charge in [0.05, 0.1) is 27.6 Å². The van der Waals surface area contributed by atoms with E-state index in [1.54, 1.807) is 23.6 Å². The van der Waals surface area contributed by atoms with Crippen molar-refractivity contribution in [2.75, 3.05) is 13.7 Å². The second-order valence-electron chi connectivity index (χ2n) is 6.63. The Morgan fingerprint density at radius 1 is 1.21 bits per heavy atom. The van der Waals surface area contributed by atoms with Gasteiger partial charge in [0.25, 0.3) is 11.8 Å². The van der Waals surface area contributed by atoms with Crippen LogP contribution in [0.4, 0.5) is 0 Å². The van der Waals surface area contributed by atoms with Crippen LogP contribution in [-0.4, -0.2) is 37.5 Å². The molecule has 0 bridgehead atoms. The Morgan fingerprint density at radius 2 is 1.97 bits per heavy atom. The molecule has 0 saturated heterocycles. The average Bonchev–Trinajstić information content (AvgIpc) is 3.25. The number of hydrogen-bond donors (Lipinski definition) is 2. The Kier molecular flexibility index (Phi) is 7.16. The molecule has 1 heterocycles. The molecule has 1 aliphatic rings. The van der Waals surface area contributed by atoms with E-state index < -0.39 is 17.9 Å². The van der Waals surface area contributed by atoms with Crippen LogP contribution in [0.1, 0.15) is 44.0 Å². The molecule has 2 aromatic rings. The topological polar surface area (TPSA) is 84.5 Å². The number of ether oxygens (including phenoxy) is 1. The van der Waals surface area contributed by atoms with Crippen molar-refractivity contribution < 1.29 is 19.1 Å². The second kappa shape index (κ2) is 9.61. The molecule has 0 saturated carbocycles. The van der Waals surface area contributed by atoms with E-state index in [-0.39, 0.29) is 23.0 Å². The average molecular weight is 455 g/mol. The van der Waals surface area contributed by atoms with Gasteiger partial charge in [-0.05, 0) is 54.3 Å². The largest absolute Gasteiger partial charge is 0.467 e. The number of fused-ring (bicyclic) bond motifs is 1. The highest BCUT2D eigenvalue weighted by Gasteiger charge is 2.27. The van der Waals surface area contributed by atoms with Crippen molar-refractivity contribution in [2.24, 2.45) is 0 Å². The van der Waals surface area contributed by atoms with Crippen LogP contribution in [0.25, 0.3) is 0 Å². The van der Waals surface area contributed by atoms with Crippen LogP contribution in [0.5, 0.6) is 0 Å². The Morgan fingerprint density at radius 3 is 2.66 bits per heavy atom. The monoisotopic (exact) mass is 454 g/mol. The van der Waals surface area contributed by atoms with Gasteiger partial charge in [-0.1, -0.05) is 29.3 Å². The van der Waals surface area contributed by atoms with Gasteiger partial charge < -0.3 is 15.4 Å². The molecule has 2 amide bonds. The lowest BCUT2D eigenvalue weighted by atomic mass is 9.90. The summed E-state index contributed by atoms with van der Waals surface area (Å²) in [6.07, 6.45) is 3.70. The molecule has 2 N–H and O–H groups in total. The lowest BCUT2D eigenvalue weighted by Crippen LogP contribution is -2.49. The zero-order valence-corrected chi connectivity index (χ0v) is 18.0. The molecule has 9 heteroatoms. The quantitative estimate of drug-likeness (QED) is 0.652. The van der Waals surface area contributed by atoms with E-state index in [0.717, 1.165) is 36.8 Å². The summed E-state index contributed by atoms with van der Waals surface area (Å²) in [6.45, 7) is -0.130. The highest BCUT2D eigenvalue weighted by atomic mass is 35.5. The molecular weight excluding hydrogens is 435 g/mol. The van der Waals surface area contributed by atoms with Crippen molar-refractivity contribution in [3.63, 3.8) is 0 Å². The number of hydrogen-bond acceptors (Lipinski definition) is 5. The maximum absolute atomic E-state index is 12.9. The fraction of sp³-hybridized carbons (Fsp3) is 0.350. The van der Waals surface area contributed by atoms with Crippen molar-refractivity contribution >= 4 is 52.3 Å². The molecule has 0 aliphatic heterocycles. The minimum atomic E-state index is -1.08. The first-order chi connectivity index (χ1) is 13.9. The SMILES string of the molecule is COC(=O)[C@H](CNC(=O)c1cccs1)NC(=O)c1c(Cl)cc2c(c1Cl)CCCC2. The van der Waals surface area contributed by atoms with E-state index in [1.165, 1.54) is 18.4 Å². The summed E-state index contributed by atoms with van der Waals surface area (Å²) >= 11 is 14.1. The van der Waals surface area contributed by atoms with Gasteiger partial charge >= 0.3 is 5.97 Å². The number of esters is 1. The van der Waals surface area contributed by atoms with Crippen molar-refractivity contribution in [1.82, 2.24) is 10.6 Å². The van der Waals surface area contributed by atoms with Crippen LogP contribution in [0.3, 0.4) is 0 Å². The molecule has 0 unspecified atom stereocenters. The third-order valence-electron chi connectivity index (χ3n) is 4.76. The highest BCUT2D eigenvalue weighted by Crippen LogP contribution is 2.35. The predicted octanol–water partition coefficient (Wildman–Crippen LogP) is 3.64. The first kappa shape index (κ1) is 21.6. The first-order valence-electron chi connectivity index (χ1n) is 9.12. The number of amides is 2. The van der Waals surface area contributed by atoms with Gasteiger partial charge in [-0.25, -0.2) is 4.79 Å². The van der Waals surface area contributed by atoms with Gasteiger partial charge in [-0.2, -0.15) is 0 Å². The first-order valence-corrected chi connectivity index (χ1v) is 10.8. The number of methoxy groups -OCH3 is 1. The normalized spacial score (nSPS) is 13.9. The zero-order valence-electron chi connectivity index (χ0n) is 15.7. The molecule has 0 fully saturated rings. The van der Waals surface area contributed by atoms with E-state index in [0.29, 0.717) is 9.90 Å². The number of aryl methyl sites for hydroxylation is 1. The van der Waals surface area contributed by atoms with Crippen LogP contribution in [0.15, 0.2) is 23.6 Å². The summed E-state index contributed by atoms with van der Waals surface area (Å²) < 4.78 is 4.75. The van der Waals surface area contributed by atoms with Gasteiger partial charge in [-0.15, -0.1) is 11.3 Å². The molecule has 29 heavy (non-hydrogen) atoms. The van der Waals surface area contributed by atoms with Crippen LogP contribution >= 0.6 is 34.5 Å². The molecule has 6 nitrogen and oxygen atoms in total. The lowest BCUT2D eigenvalue weighted by Gasteiger charge is -2.22. The maximum atomic E-state index is 12.9. The van der Waals surface area contributed by atoms with E-state index in [9.17, 15) is 14.4 Å². The molecule has 1 atom stereocenters. The van der Waals surface area contributed by atoms with Gasteiger partial charge in [0.2, 0.25) is 0 Å². The van der Waals surface area contributed by atoms with E-state index in [2.05, 4.69) is 10.6 Å². The molecule has 1 aromatic heterocycles. The maximum Gasteiger partial charge on any atom is 0.330 e. The van der Waals surface area contributed by atoms with Gasteiger partial charge in [0.1, 0.15) is 6.04 Å². The molecular formula is C20H20Cl2N2O4S. The minimum Gasteiger partial charge on any atom is -0.467 e. The number of carbonyl (C=O) groups is 3. The smallest absolute Gasteiger partial charge is 0.330 e. The second-order valence-corrected chi connectivity index (χ2v) is 8.36. The standard InChI is InChI=1S/C20H20Cl2N2O4S/c1-28-20(27)14(10-23-18(25)15-7-4-8-29-15)24-19(26)16-13(21)9-11-5-2-3-6-12(11)17(16)22/h4,7-9,14H,2-3,5-6,10H2,1H3,(H,23,25)(H,24,26)/t14-/m0/s1. The Hall–Kier alpha value is -2.09. The van der Waals surface area contributed by atoms with E-state index in [1.807, 2.05) is 0 Å². The fourth-order valence-electron chi connectivity index (χ4n) is 3.28. The van der Waals surface area contributed by atoms with Crippen molar-refractivity contribution in [3.05, 3.63) is 55.2 Å². The number of benzene rings is 1. The molecule has 1 aliphatic carbocycles. The summed E-state index contributed by atoms with van der Waals surface area (Å²) in [6, 6.07) is 4.10. The number of rotatable bonds is 6. The molecule has 0 spiro atoms. The molecule has 0 radical (unpaired) electrons. The summed E-state index contributed by atoms with van der Waals surface area (Å²) in [7, 11) is 1.21. The Labute approximate surface area is 182 Å². The zero-order chi connectivity index (χ0) is 21.0. The van der Waals surface area contributed by atoms with Gasteiger partial charge in [0.15, 0.2) is 0 Å². The van der Waals surface area contributed by atoms with Crippen LogP contribution in [0.2, 0.25) is 10.0 Å². The third kappa shape index (κ3) is 4.91. The molecule has 3 rings (SSSR count). The van der Waals surface area contributed by atoms with Crippen molar-refractivity contribution in [2.45, 2.75) is 31.7 Å². The minimum absolute atomic E-state index is 0.130. The summed E-state index contributed by atoms with van der Waals surface area (Å²) in [4.78, 5) is 37.6. The van der Waals surface area contributed by atoms with Crippen molar-refractivity contribution in [1.29, 1.82) is 0 Å². The van der Waals surface area contributed by atoms with Gasteiger partial charge in [-0.3, -0.25) is 9.59 Å². The third-order valence-corrected chi connectivity index (χ3v) is 6.35. The molecule has 1 aromatic carbocycles. The molecule has 154 valence electrons. The summed E-state index contributed by atoms with van der Waals surface area (Å²) in [5.74, 6) is -1.61. The van der Waals surface area contributed by atoms with E-state index >= 15 is 0 Å². The van der Waals surface area contributed by atoms with Crippen LogP contribution in [-0.2, 0) is 22.4 Å². The number of halogens is 2. The number of carbonyl (C=O) groups excluding carboxylic acids is 3. The Bertz CT molecular complexity index is 931. The van der Waals surface area contributed by atoms with Crippen molar-refractivity contribution in [3.8, 4) is 0 Å². The lowest BCUT2D eigenvalue weighted by molar-refractivity contribution is -0.142. The fourth-order valence-corrected chi connectivity index (χ4v) is 4.69. The Balaban J connectivity index is 1.76. The van der Waals surface area contributed by atoms with Crippen LogP contribution in [0, 0.1) is 0 Å².